The molecule has 0 aromatic carbocycles. The number of furan rings is 1. The van der Waals surface area contributed by atoms with Crippen molar-refractivity contribution < 1.29 is 4.42 Å². The maximum absolute atomic E-state index is 5.34. The summed E-state index contributed by atoms with van der Waals surface area (Å²) in [5, 5.41) is 3.53. The molecule has 2 nitrogen and oxygen atoms in total. The summed E-state index contributed by atoms with van der Waals surface area (Å²) < 4.78 is 5.34. The first-order valence-electron chi connectivity index (χ1n) is 5.98. The third-order valence-corrected chi connectivity index (χ3v) is 2.57. The van der Waals surface area contributed by atoms with Crippen molar-refractivity contribution in [3.8, 4) is 0 Å². The second kappa shape index (κ2) is 6.67. The van der Waals surface area contributed by atoms with Crippen LogP contribution in [-0.2, 0) is 6.42 Å². The van der Waals surface area contributed by atoms with E-state index in [9.17, 15) is 0 Å². The van der Waals surface area contributed by atoms with Crippen molar-refractivity contribution in [3.05, 3.63) is 24.2 Å². The first kappa shape index (κ1) is 12.3. The molecular formula is C13H23NO. The molecule has 1 unspecified atom stereocenters. The fourth-order valence-electron chi connectivity index (χ4n) is 1.93. The van der Waals surface area contributed by atoms with E-state index in [0.717, 1.165) is 24.6 Å². The molecule has 0 aliphatic carbocycles. The van der Waals surface area contributed by atoms with Gasteiger partial charge in [-0.05, 0) is 37.4 Å². The van der Waals surface area contributed by atoms with Crippen LogP contribution in [-0.4, -0.2) is 12.6 Å². The Hall–Kier alpha value is -0.760. The van der Waals surface area contributed by atoms with Crippen molar-refractivity contribution in [2.75, 3.05) is 6.54 Å². The molecule has 1 aromatic rings. The summed E-state index contributed by atoms with van der Waals surface area (Å²) in [6, 6.07) is 4.64. The Labute approximate surface area is 93.1 Å². The average Bonchev–Trinajstić information content (AvgIpc) is 2.66. The van der Waals surface area contributed by atoms with E-state index in [1.54, 1.807) is 6.26 Å². The van der Waals surface area contributed by atoms with Crippen molar-refractivity contribution in [1.82, 2.24) is 5.32 Å². The first-order valence-corrected chi connectivity index (χ1v) is 5.98. The molecule has 0 aliphatic heterocycles. The van der Waals surface area contributed by atoms with Gasteiger partial charge in [-0.15, -0.1) is 0 Å². The van der Waals surface area contributed by atoms with Crippen LogP contribution in [0.3, 0.4) is 0 Å². The van der Waals surface area contributed by atoms with Gasteiger partial charge in [0.1, 0.15) is 5.76 Å². The number of aryl methyl sites for hydroxylation is 1. The molecule has 0 bridgehead atoms. The number of hydrogen-bond acceptors (Lipinski definition) is 2. The number of hydrogen-bond donors (Lipinski definition) is 1. The van der Waals surface area contributed by atoms with Gasteiger partial charge in [0.05, 0.1) is 6.26 Å². The zero-order valence-corrected chi connectivity index (χ0v) is 10.1. The van der Waals surface area contributed by atoms with Crippen LogP contribution in [0.25, 0.3) is 0 Å². The van der Waals surface area contributed by atoms with Crippen molar-refractivity contribution >= 4 is 0 Å². The minimum atomic E-state index is 0.625. The molecule has 0 aliphatic rings. The van der Waals surface area contributed by atoms with Crippen LogP contribution < -0.4 is 5.32 Å². The fourth-order valence-corrected chi connectivity index (χ4v) is 1.93. The third-order valence-electron chi connectivity index (χ3n) is 2.57. The highest BCUT2D eigenvalue weighted by Crippen LogP contribution is 2.12. The standard InChI is InChI=1S/C13H23NO/c1-4-14-12(10-11(2)3)7-8-13-6-5-9-15-13/h5-6,9,11-12,14H,4,7-8,10H2,1-3H3. The lowest BCUT2D eigenvalue weighted by Crippen LogP contribution is -2.30. The Kier molecular flexibility index (Phi) is 5.48. The fraction of sp³-hybridized carbons (Fsp3) is 0.692. The van der Waals surface area contributed by atoms with Crippen molar-refractivity contribution in [1.29, 1.82) is 0 Å². The Morgan fingerprint density at radius 2 is 2.20 bits per heavy atom. The van der Waals surface area contributed by atoms with E-state index in [-0.39, 0.29) is 0 Å². The Morgan fingerprint density at radius 1 is 1.40 bits per heavy atom. The zero-order valence-electron chi connectivity index (χ0n) is 10.1. The lowest BCUT2D eigenvalue weighted by Gasteiger charge is -2.19. The molecule has 0 fully saturated rings. The van der Waals surface area contributed by atoms with Gasteiger partial charge in [-0.3, -0.25) is 0 Å². The summed E-state index contributed by atoms with van der Waals surface area (Å²) in [5.41, 5.74) is 0. The molecule has 1 aromatic heterocycles. The van der Waals surface area contributed by atoms with Crippen molar-refractivity contribution in [2.24, 2.45) is 5.92 Å². The van der Waals surface area contributed by atoms with E-state index in [0.29, 0.717) is 6.04 Å². The van der Waals surface area contributed by atoms with Crippen molar-refractivity contribution in [2.45, 2.75) is 46.1 Å². The second-order valence-corrected chi connectivity index (χ2v) is 4.50. The SMILES string of the molecule is CCNC(CCc1ccco1)CC(C)C. The highest BCUT2D eigenvalue weighted by molar-refractivity contribution is 4.98. The Balaban J connectivity index is 2.30. The monoisotopic (exact) mass is 209 g/mol. The van der Waals surface area contributed by atoms with Crippen LogP contribution in [0.1, 0.15) is 39.4 Å². The number of rotatable bonds is 7. The average molecular weight is 209 g/mol. The third kappa shape index (κ3) is 5.03. The van der Waals surface area contributed by atoms with Crippen LogP contribution in [0.5, 0.6) is 0 Å². The lowest BCUT2D eigenvalue weighted by molar-refractivity contribution is 0.391. The van der Waals surface area contributed by atoms with Crippen molar-refractivity contribution in [3.63, 3.8) is 0 Å². The largest absolute Gasteiger partial charge is 0.469 e. The van der Waals surface area contributed by atoms with E-state index in [4.69, 9.17) is 4.42 Å². The molecular weight excluding hydrogens is 186 g/mol. The van der Waals surface area contributed by atoms with Gasteiger partial charge in [0.15, 0.2) is 0 Å². The molecule has 1 rings (SSSR count). The topological polar surface area (TPSA) is 25.2 Å². The molecule has 0 radical (unpaired) electrons. The van der Waals surface area contributed by atoms with E-state index in [1.807, 2.05) is 6.07 Å². The van der Waals surface area contributed by atoms with Crippen LogP contribution in [0, 0.1) is 5.92 Å². The van der Waals surface area contributed by atoms with Gasteiger partial charge in [0.2, 0.25) is 0 Å². The van der Waals surface area contributed by atoms with Gasteiger partial charge < -0.3 is 9.73 Å². The minimum absolute atomic E-state index is 0.625. The highest BCUT2D eigenvalue weighted by atomic mass is 16.3. The molecule has 0 saturated carbocycles. The minimum Gasteiger partial charge on any atom is -0.469 e. The molecule has 15 heavy (non-hydrogen) atoms. The van der Waals surface area contributed by atoms with Crippen LogP contribution in [0.4, 0.5) is 0 Å². The Morgan fingerprint density at radius 3 is 2.73 bits per heavy atom. The lowest BCUT2D eigenvalue weighted by atomic mass is 9.99. The molecule has 0 spiro atoms. The molecule has 86 valence electrons. The molecule has 0 amide bonds. The predicted octanol–water partition coefficient (Wildman–Crippen LogP) is 3.24. The predicted molar refractivity (Wildman–Crippen MR) is 63.9 cm³/mol. The normalized spacial score (nSPS) is 13.3. The van der Waals surface area contributed by atoms with Crippen LogP contribution >= 0.6 is 0 Å². The molecule has 1 heterocycles. The van der Waals surface area contributed by atoms with E-state index in [2.05, 4.69) is 32.2 Å². The second-order valence-electron chi connectivity index (χ2n) is 4.50. The van der Waals surface area contributed by atoms with E-state index in [1.165, 1.54) is 12.8 Å². The van der Waals surface area contributed by atoms with Gasteiger partial charge in [0, 0.05) is 12.5 Å². The summed E-state index contributed by atoms with van der Waals surface area (Å²) >= 11 is 0. The van der Waals surface area contributed by atoms with Gasteiger partial charge in [-0.25, -0.2) is 0 Å². The summed E-state index contributed by atoms with van der Waals surface area (Å²) in [6.07, 6.45) is 5.20. The van der Waals surface area contributed by atoms with Crippen LogP contribution in [0.2, 0.25) is 0 Å². The Bertz CT molecular complexity index is 241. The molecule has 2 heteroatoms. The van der Waals surface area contributed by atoms with E-state index < -0.39 is 0 Å². The summed E-state index contributed by atoms with van der Waals surface area (Å²) in [7, 11) is 0. The molecule has 1 atom stereocenters. The summed E-state index contributed by atoms with van der Waals surface area (Å²) in [6.45, 7) is 7.77. The van der Waals surface area contributed by atoms with E-state index >= 15 is 0 Å². The highest BCUT2D eigenvalue weighted by Gasteiger charge is 2.10. The van der Waals surface area contributed by atoms with Gasteiger partial charge >= 0.3 is 0 Å². The first-order chi connectivity index (χ1) is 7.22. The smallest absolute Gasteiger partial charge is 0.103 e. The molecule has 0 saturated heterocycles. The summed E-state index contributed by atoms with van der Waals surface area (Å²) in [4.78, 5) is 0. The van der Waals surface area contributed by atoms with Crippen LogP contribution in [0.15, 0.2) is 22.8 Å². The number of nitrogens with one attached hydrogen (secondary N) is 1. The quantitative estimate of drug-likeness (QED) is 0.745. The molecule has 1 N–H and O–H groups in total. The van der Waals surface area contributed by atoms with Gasteiger partial charge in [0.25, 0.3) is 0 Å². The maximum Gasteiger partial charge on any atom is 0.103 e. The van der Waals surface area contributed by atoms with Gasteiger partial charge in [-0.2, -0.15) is 0 Å². The van der Waals surface area contributed by atoms with Gasteiger partial charge in [-0.1, -0.05) is 20.8 Å². The maximum atomic E-state index is 5.34. The zero-order chi connectivity index (χ0) is 11.1. The summed E-state index contributed by atoms with van der Waals surface area (Å²) in [5.74, 6) is 1.85.